The maximum absolute atomic E-state index is 11.9. The number of nitrogens with one attached hydrogen (secondary N) is 2. The number of carbonyl (C=O) groups excluding carboxylic acids is 2. The van der Waals surface area contributed by atoms with Gasteiger partial charge in [0.05, 0.1) is 5.92 Å². The van der Waals surface area contributed by atoms with E-state index in [0.29, 0.717) is 6.54 Å². The lowest BCUT2D eigenvalue weighted by Crippen LogP contribution is -2.25. The van der Waals surface area contributed by atoms with Gasteiger partial charge in [-0.15, -0.1) is 0 Å². The van der Waals surface area contributed by atoms with Crippen molar-refractivity contribution < 1.29 is 9.59 Å². The molecule has 2 rings (SSSR count). The van der Waals surface area contributed by atoms with Crippen LogP contribution in [-0.4, -0.2) is 18.4 Å². The molecule has 1 aromatic carbocycles. The molecule has 2 N–H and O–H groups in total. The summed E-state index contributed by atoms with van der Waals surface area (Å²) in [7, 11) is 0. The molecule has 90 valence electrons. The van der Waals surface area contributed by atoms with E-state index in [-0.39, 0.29) is 24.2 Å². The molecule has 0 saturated carbocycles. The van der Waals surface area contributed by atoms with Crippen LogP contribution in [0.5, 0.6) is 0 Å². The van der Waals surface area contributed by atoms with Gasteiger partial charge in [0.15, 0.2) is 0 Å². The van der Waals surface area contributed by atoms with Crippen LogP contribution in [0.25, 0.3) is 0 Å². The second-order valence-electron chi connectivity index (χ2n) is 4.44. The molecular weight excluding hydrogens is 216 g/mol. The van der Waals surface area contributed by atoms with Gasteiger partial charge in [0.2, 0.25) is 11.8 Å². The van der Waals surface area contributed by atoms with Crippen molar-refractivity contribution in [3.8, 4) is 0 Å². The molecule has 0 aliphatic carbocycles. The van der Waals surface area contributed by atoms with Gasteiger partial charge in [-0.2, -0.15) is 0 Å². The summed E-state index contributed by atoms with van der Waals surface area (Å²) in [5.41, 5.74) is 3.04. The smallest absolute Gasteiger partial charge is 0.229 e. The third-order valence-electron chi connectivity index (χ3n) is 3.21. The Kier molecular flexibility index (Phi) is 3.13. The van der Waals surface area contributed by atoms with Gasteiger partial charge in [-0.05, 0) is 31.0 Å². The Balaban J connectivity index is 2.08. The minimum atomic E-state index is -0.248. The fourth-order valence-corrected chi connectivity index (χ4v) is 1.91. The molecule has 0 spiro atoms. The molecule has 0 radical (unpaired) electrons. The molecule has 0 aromatic heterocycles. The number of anilines is 1. The van der Waals surface area contributed by atoms with Crippen LogP contribution in [0.1, 0.15) is 17.5 Å². The fraction of sp³-hybridized carbons (Fsp3) is 0.385. The molecular formula is C13H16N2O2. The number of hydrogen-bond acceptors (Lipinski definition) is 2. The van der Waals surface area contributed by atoms with E-state index in [1.54, 1.807) is 0 Å². The first-order chi connectivity index (χ1) is 8.08. The number of rotatable bonds is 2. The first kappa shape index (κ1) is 11.6. The van der Waals surface area contributed by atoms with E-state index in [9.17, 15) is 9.59 Å². The van der Waals surface area contributed by atoms with Crippen molar-refractivity contribution in [1.82, 2.24) is 5.32 Å². The van der Waals surface area contributed by atoms with Crippen LogP contribution in [0, 0.1) is 19.8 Å². The molecule has 1 aromatic rings. The minimum absolute atomic E-state index is 0.0499. The second-order valence-corrected chi connectivity index (χ2v) is 4.44. The Labute approximate surface area is 100 Å². The van der Waals surface area contributed by atoms with Crippen molar-refractivity contribution in [3.63, 3.8) is 0 Å². The zero-order valence-corrected chi connectivity index (χ0v) is 10.0. The summed E-state index contributed by atoms with van der Waals surface area (Å²) in [6, 6.07) is 5.80. The molecule has 1 atom stereocenters. The number of amides is 2. The van der Waals surface area contributed by atoms with E-state index >= 15 is 0 Å². The summed E-state index contributed by atoms with van der Waals surface area (Å²) < 4.78 is 0. The van der Waals surface area contributed by atoms with Gasteiger partial charge in [-0.25, -0.2) is 0 Å². The summed E-state index contributed by atoms with van der Waals surface area (Å²) in [5.74, 6) is -0.384. The molecule has 17 heavy (non-hydrogen) atoms. The Morgan fingerprint density at radius 2 is 2.18 bits per heavy atom. The highest BCUT2D eigenvalue weighted by molar-refractivity contribution is 5.97. The Hall–Kier alpha value is -1.84. The third-order valence-corrected chi connectivity index (χ3v) is 3.21. The van der Waals surface area contributed by atoms with Crippen LogP contribution in [0.4, 0.5) is 5.69 Å². The summed E-state index contributed by atoms with van der Waals surface area (Å²) >= 11 is 0. The van der Waals surface area contributed by atoms with Crippen LogP contribution >= 0.6 is 0 Å². The number of aryl methyl sites for hydroxylation is 1. The Morgan fingerprint density at radius 3 is 2.82 bits per heavy atom. The van der Waals surface area contributed by atoms with Crippen molar-refractivity contribution >= 4 is 17.5 Å². The summed E-state index contributed by atoms with van der Waals surface area (Å²) in [5, 5.41) is 5.54. The van der Waals surface area contributed by atoms with Crippen LogP contribution < -0.4 is 10.6 Å². The quantitative estimate of drug-likeness (QED) is 0.809. The lowest BCUT2D eigenvalue weighted by atomic mass is 10.1. The number of carbonyl (C=O) groups is 2. The maximum Gasteiger partial charge on any atom is 0.229 e. The molecule has 1 saturated heterocycles. The van der Waals surface area contributed by atoms with E-state index in [4.69, 9.17) is 0 Å². The van der Waals surface area contributed by atoms with E-state index in [0.717, 1.165) is 16.8 Å². The monoisotopic (exact) mass is 232 g/mol. The van der Waals surface area contributed by atoms with Crippen molar-refractivity contribution in [2.45, 2.75) is 20.3 Å². The predicted molar refractivity (Wildman–Crippen MR) is 65.7 cm³/mol. The molecule has 1 heterocycles. The van der Waals surface area contributed by atoms with Gasteiger partial charge in [0.1, 0.15) is 0 Å². The molecule has 0 bridgehead atoms. The molecule has 4 nitrogen and oxygen atoms in total. The van der Waals surface area contributed by atoms with E-state index in [1.807, 2.05) is 32.0 Å². The minimum Gasteiger partial charge on any atom is -0.355 e. The molecule has 1 fully saturated rings. The van der Waals surface area contributed by atoms with E-state index in [1.165, 1.54) is 0 Å². The molecule has 1 unspecified atom stereocenters. The molecule has 1 aliphatic heterocycles. The molecule has 1 aliphatic rings. The number of hydrogen-bond donors (Lipinski definition) is 2. The fourth-order valence-electron chi connectivity index (χ4n) is 1.91. The van der Waals surface area contributed by atoms with Gasteiger partial charge in [-0.1, -0.05) is 12.1 Å². The summed E-state index contributed by atoms with van der Waals surface area (Å²) in [6.45, 7) is 4.42. The van der Waals surface area contributed by atoms with Gasteiger partial charge in [-0.3, -0.25) is 9.59 Å². The number of benzene rings is 1. The van der Waals surface area contributed by atoms with E-state index in [2.05, 4.69) is 10.6 Å². The van der Waals surface area contributed by atoms with Crippen molar-refractivity contribution in [2.24, 2.45) is 5.92 Å². The third kappa shape index (κ3) is 2.46. The Bertz CT molecular complexity index is 468. The van der Waals surface area contributed by atoms with Gasteiger partial charge >= 0.3 is 0 Å². The highest BCUT2D eigenvalue weighted by Crippen LogP contribution is 2.20. The van der Waals surface area contributed by atoms with Gasteiger partial charge in [0.25, 0.3) is 0 Å². The van der Waals surface area contributed by atoms with Crippen molar-refractivity contribution in [3.05, 3.63) is 29.3 Å². The van der Waals surface area contributed by atoms with Gasteiger partial charge < -0.3 is 10.6 Å². The zero-order valence-electron chi connectivity index (χ0n) is 10.0. The SMILES string of the molecule is Cc1cccc(NC(=O)C2CNC(=O)C2)c1C. The van der Waals surface area contributed by atoms with Crippen LogP contribution in [0.15, 0.2) is 18.2 Å². The van der Waals surface area contributed by atoms with Gasteiger partial charge in [0, 0.05) is 18.7 Å². The largest absolute Gasteiger partial charge is 0.355 e. The van der Waals surface area contributed by atoms with Crippen molar-refractivity contribution in [1.29, 1.82) is 0 Å². The standard InChI is InChI=1S/C13H16N2O2/c1-8-4-3-5-11(9(8)2)15-13(17)10-6-12(16)14-7-10/h3-5,10H,6-7H2,1-2H3,(H,14,16)(H,15,17). The van der Waals surface area contributed by atoms with Crippen LogP contribution in [0.2, 0.25) is 0 Å². The first-order valence-electron chi connectivity index (χ1n) is 5.71. The maximum atomic E-state index is 11.9. The van der Waals surface area contributed by atoms with Crippen molar-refractivity contribution in [2.75, 3.05) is 11.9 Å². The normalized spacial score (nSPS) is 18.9. The molecule has 4 heteroatoms. The van der Waals surface area contributed by atoms with E-state index < -0.39 is 0 Å². The van der Waals surface area contributed by atoms with Crippen LogP contribution in [-0.2, 0) is 9.59 Å². The summed E-state index contributed by atoms with van der Waals surface area (Å²) in [6.07, 6.45) is 0.288. The highest BCUT2D eigenvalue weighted by Gasteiger charge is 2.28. The lowest BCUT2D eigenvalue weighted by Gasteiger charge is -2.12. The highest BCUT2D eigenvalue weighted by atomic mass is 16.2. The summed E-state index contributed by atoms with van der Waals surface area (Å²) in [4.78, 5) is 23.0. The Morgan fingerprint density at radius 1 is 1.41 bits per heavy atom. The average molecular weight is 232 g/mol. The first-order valence-corrected chi connectivity index (χ1v) is 5.71. The molecule has 2 amide bonds. The second kappa shape index (κ2) is 4.57. The predicted octanol–water partition coefficient (Wildman–Crippen LogP) is 1.38. The zero-order chi connectivity index (χ0) is 12.4. The topological polar surface area (TPSA) is 58.2 Å². The average Bonchev–Trinajstić information content (AvgIpc) is 2.72. The lowest BCUT2D eigenvalue weighted by molar-refractivity contribution is -0.123. The van der Waals surface area contributed by atoms with Crippen LogP contribution in [0.3, 0.4) is 0 Å².